The van der Waals surface area contributed by atoms with Gasteiger partial charge in [0.2, 0.25) is 0 Å². The van der Waals surface area contributed by atoms with Gasteiger partial charge in [0, 0.05) is 5.69 Å². The van der Waals surface area contributed by atoms with Gasteiger partial charge in [-0.05, 0) is 54.6 Å². The van der Waals surface area contributed by atoms with Gasteiger partial charge in [-0.3, -0.25) is 0 Å². The second-order valence-corrected chi connectivity index (χ2v) is 7.10. The van der Waals surface area contributed by atoms with Crippen molar-refractivity contribution in [1.29, 1.82) is 0 Å². The van der Waals surface area contributed by atoms with Gasteiger partial charge in [-0.2, -0.15) is 0 Å². The Hall–Kier alpha value is -1.90. The summed E-state index contributed by atoms with van der Waals surface area (Å²) in [7, 11) is 0. The first kappa shape index (κ1) is 15.5. The van der Waals surface area contributed by atoms with Crippen LogP contribution in [-0.4, -0.2) is 5.54 Å². The van der Waals surface area contributed by atoms with Crippen LogP contribution in [0.3, 0.4) is 0 Å². The van der Waals surface area contributed by atoms with E-state index in [1.165, 1.54) is 5.57 Å². The molecule has 3 nitrogen and oxygen atoms in total. The van der Waals surface area contributed by atoms with E-state index >= 15 is 0 Å². The fourth-order valence-electron chi connectivity index (χ4n) is 2.54. The Morgan fingerprint density at radius 2 is 2.00 bits per heavy atom. The molecule has 0 saturated carbocycles. The summed E-state index contributed by atoms with van der Waals surface area (Å²) in [5.41, 5.74) is 3.80. The summed E-state index contributed by atoms with van der Waals surface area (Å²) in [4.78, 5) is 10.8. The zero-order valence-electron chi connectivity index (χ0n) is 13.5. The molecule has 21 heavy (non-hydrogen) atoms. The molecule has 1 aromatic carbocycles. The molecule has 0 radical (unpaired) electrons. The van der Waals surface area contributed by atoms with Crippen molar-refractivity contribution in [2.45, 2.75) is 52.0 Å². The van der Waals surface area contributed by atoms with E-state index in [0.29, 0.717) is 5.69 Å². The average molecular weight is 284 g/mol. The van der Waals surface area contributed by atoms with Crippen molar-refractivity contribution in [2.75, 3.05) is 5.32 Å². The molecule has 1 N–H and O–H groups in total. The number of allylic oxidation sites excluding steroid dienone is 2. The van der Waals surface area contributed by atoms with Crippen LogP contribution in [0, 0.1) is 4.91 Å². The first-order valence-electron chi connectivity index (χ1n) is 7.36. The highest BCUT2D eigenvalue weighted by Crippen LogP contribution is 2.35. The Labute approximate surface area is 127 Å². The quantitative estimate of drug-likeness (QED) is 0.749. The van der Waals surface area contributed by atoms with Crippen molar-refractivity contribution in [2.24, 2.45) is 5.18 Å². The van der Waals surface area contributed by atoms with E-state index in [0.717, 1.165) is 17.7 Å². The molecule has 0 aromatic heterocycles. The summed E-state index contributed by atoms with van der Waals surface area (Å²) in [5, 5.41) is 6.69. The van der Waals surface area contributed by atoms with E-state index < -0.39 is 0 Å². The van der Waals surface area contributed by atoms with Gasteiger partial charge in [-0.15, -0.1) is 4.91 Å². The molecule has 0 heterocycles. The number of hydrogen-bond acceptors (Lipinski definition) is 3. The predicted octanol–water partition coefficient (Wildman–Crippen LogP) is 5.46. The molecule has 0 spiro atoms. The third kappa shape index (κ3) is 3.60. The molecule has 0 fully saturated rings. The van der Waals surface area contributed by atoms with Gasteiger partial charge in [0.05, 0.1) is 5.54 Å². The van der Waals surface area contributed by atoms with Crippen LogP contribution < -0.4 is 5.32 Å². The minimum Gasteiger partial charge on any atom is -0.376 e. The second-order valence-electron chi connectivity index (χ2n) is 7.10. The number of nitroso groups, excluding NO2 is 1. The minimum absolute atomic E-state index is 0.0521. The fourth-order valence-corrected chi connectivity index (χ4v) is 2.54. The maximum Gasteiger partial charge on any atom is 0.108 e. The molecule has 1 aliphatic carbocycles. The van der Waals surface area contributed by atoms with Gasteiger partial charge in [-0.1, -0.05) is 44.6 Å². The number of rotatable bonds is 3. The van der Waals surface area contributed by atoms with Gasteiger partial charge in [0.1, 0.15) is 5.69 Å². The van der Waals surface area contributed by atoms with Crippen molar-refractivity contribution in [3.63, 3.8) is 0 Å². The highest BCUT2D eigenvalue weighted by molar-refractivity contribution is 5.62. The van der Waals surface area contributed by atoms with E-state index in [2.05, 4.69) is 63.3 Å². The standard InChI is InChI=1S/C18H24N2O/c1-13-8-10-18(5,11-9-13)19-16-7-6-14(20-21)12-15(16)17(2,3)4/h6-10,12,19H,11H2,1-5H3. The largest absolute Gasteiger partial charge is 0.376 e. The molecule has 0 bridgehead atoms. The van der Waals surface area contributed by atoms with Crippen LogP contribution in [-0.2, 0) is 5.41 Å². The van der Waals surface area contributed by atoms with E-state index in [-0.39, 0.29) is 11.0 Å². The van der Waals surface area contributed by atoms with Gasteiger partial charge >= 0.3 is 0 Å². The SMILES string of the molecule is CC1=CCC(C)(Nc2ccc(N=O)cc2C(C)(C)C)C=C1. The van der Waals surface area contributed by atoms with Gasteiger partial charge in [0.15, 0.2) is 0 Å². The second kappa shape index (κ2) is 5.47. The highest BCUT2D eigenvalue weighted by atomic mass is 16.3. The minimum atomic E-state index is -0.102. The van der Waals surface area contributed by atoms with E-state index in [4.69, 9.17) is 0 Å². The maximum atomic E-state index is 10.8. The first-order valence-corrected chi connectivity index (χ1v) is 7.36. The summed E-state index contributed by atoms with van der Waals surface area (Å²) in [6.45, 7) is 10.7. The lowest BCUT2D eigenvalue weighted by molar-refractivity contribution is 0.583. The molecule has 1 unspecified atom stereocenters. The van der Waals surface area contributed by atoms with Crippen LogP contribution in [0.2, 0.25) is 0 Å². The zero-order valence-corrected chi connectivity index (χ0v) is 13.5. The maximum absolute atomic E-state index is 10.8. The molecule has 3 heteroatoms. The van der Waals surface area contributed by atoms with E-state index in [1.807, 2.05) is 12.1 Å². The molecule has 2 rings (SSSR count). The number of hydrogen-bond donors (Lipinski definition) is 1. The van der Waals surface area contributed by atoms with Gasteiger partial charge < -0.3 is 5.32 Å². The molecule has 112 valence electrons. The first-order chi connectivity index (χ1) is 9.73. The summed E-state index contributed by atoms with van der Waals surface area (Å²) in [6.07, 6.45) is 7.55. The average Bonchev–Trinajstić information content (AvgIpc) is 2.42. The van der Waals surface area contributed by atoms with E-state index in [1.54, 1.807) is 6.07 Å². The van der Waals surface area contributed by atoms with Crippen LogP contribution in [0.1, 0.15) is 46.6 Å². The number of nitrogens with zero attached hydrogens (tertiary/aromatic N) is 1. The molecule has 0 amide bonds. The van der Waals surface area contributed by atoms with Crippen LogP contribution in [0.25, 0.3) is 0 Å². The number of nitrogens with one attached hydrogen (secondary N) is 1. The molecular weight excluding hydrogens is 260 g/mol. The summed E-state index contributed by atoms with van der Waals surface area (Å²) in [6, 6.07) is 5.61. The summed E-state index contributed by atoms with van der Waals surface area (Å²) >= 11 is 0. The lowest BCUT2D eigenvalue weighted by Gasteiger charge is -2.33. The van der Waals surface area contributed by atoms with Crippen LogP contribution in [0.4, 0.5) is 11.4 Å². The lowest BCUT2D eigenvalue weighted by atomic mass is 9.84. The fraction of sp³-hybridized carbons (Fsp3) is 0.444. The monoisotopic (exact) mass is 284 g/mol. The van der Waals surface area contributed by atoms with Crippen molar-refractivity contribution in [3.8, 4) is 0 Å². The Kier molecular flexibility index (Phi) is 4.04. The Bertz CT molecular complexity index is 608. The molecule has 0 saturated heterocycles. The predicted molar refractivity (Wildman–Crippen MR) is 90.1 cm³/mol. The van der Waals surface area contributed by atoms with Crippen LogP contribution >= 0.6 is 0 Å². The Balaban J connectivity index is 2.36. The topological polar surface area (TPSA) is 41.5 Å². The molecular formula is C18H24N2O. The number of anilines is 1. The third-order valence-corrected chi connectivity index (χ3v) is 3.90. The Morgan fingerprint density at radius 1 is 1.29 bits per heavy atom. The number of benzene rings is 1. The molecule has 1 aromatic rings. The normalized spacial score (nSPS) is 21.9. The summed E-state index contributed by atoms with van der Waals surface area (Å²) in [5.74, 6) is 0. The van der Waals surface area contributed by atoms with Crippen molar-refractivity contribution in [1.82, 2.24) is 0 Å². The molecule has 1 aliphatic rings. The van der Waals surface area contributed by atoms with Gasteiger partial charge in [0.25, 0.3) is 0 Å². The Morgan fingerprint density at radius 3 is 2.52 bits per heavy atom. The van der Waals surface area contributed by atoms with Crippen molar-refractivity contribution in [3.05, 3.63) is 52.5 Å². The van der Waals surface area contributed by atoms with Crippen molar-refractivity contribution < 1.29 is 0 Å². The van der Waals surface area contributed by atoms with Crippen LogP contribution in [0.5, 0.6) is 0 Å². The third-order valence-electron chi connectivity index (χ3n) is 3.90. The smallest absolute Gasteiger partial charge is 0.108 e. The molecule has 0 aliphatic heterocycles. The lowest BCUT2D eigenvalue weighted by Crippen LogP contribution is -2.34. The van der Waals surface area contributed by atoms with Crippen LogP contribution in [0.15, 0.2) is 47.2 Å². The van der Waals surface area contributed by atoms with Crippen molar-refractivity contribution >= 4 is 11.4 Å². The highest BCUT2D eigenvalue weighted by Gasteiger charge is 2.25. The zero-order chi connectivity index (χ0) is 15.7. The molecule has 1 atom stereocenters. The van der Waals surface area contributed by atoms with Gasteiger partial charge in [-0.25, -0.2) is 0 Å². The summed E-state index contributed by atoms with van der Waals surface area (Å²) < 4.78 is 0. The van der Waals surface area contributed by atoms with E-state index in [9.17, 15) is 4.91 Å².